The number of aromatic nitrogens is 4. The molecule has 58 valence electrons. The summed E-state index contributed by atoms with van der Waals surface area (Å²) >= 11 is 0. The Morgan fingerprint density at radius 2 is 2.27 bits per heavy atom. The first-order valence-corrected chi connectivity index (χ1v) is 3.03. The molecule has 6 nitrogen and oxygen atoms in total. The normalized spacial score (nSPS) is 9.55. The van der Waals surface area contributed by atoms with E-state index < -0.39 is 5.97 Å². The number of hydrogen-bond donors (Lipinski definition) is 1. The van der Waals surface area contributed by atoms with Crippen LogP contribution in [0.2, 0.25) is 0 Å². The molecular weight excluding hydrogens is 148 g/mol. The number of aryl methyl sites for hydroxylation is 1. The predicted molar refractivity (Wildman–Crippen MR) is 34.0 cm³/mol. The summed E-state index contributed by atoms with van der Waals surface area (Å²) in [7, 11) is 0. The Morgan fingerprint density at radius 3 is 2.82 bits per heavy atom. The van der Waals surface area contributed by atoms with Gasteiger partial charge in [-0.15, -0.1) is 10.2 Å². The SMILES string of the molecule is CCc1nnnc(C(=O)O)n1. The number of carbonyl (C=O) groups is 1. The summed E-state index contributed by atoms with van der Waals surface area (Å²) in [4.78, 5) is 13.9. The summed E-state index contributed by atoms with van der Waals surface area (Å²) in [6, 6.07) is 0. The molecule has 0 bridgehead atoms. The summed E-state index contributed by atoms with van der Waals surface area (Å²) in [5.41, 5.74) is 0. The van der Waals surface area contributed by atoms with Crippen molar-refractivity contribution in [1.29, 1.82) is 0 Å². The van der Waals surface area contributed by atoms with E-state index in [1.54, 1.807) is 0 Å². The lowest BCUT2D eigenvalue weighted by Crippen LogP contribution is -2.09. The highest BCUT2D eigenvalue weighted by atomic mass is 16.4. The molecule has 0 spiro atoms. The fourth-order valence-electron chi connectivity index (χ4n) is 0.524. The molecule has 0 aliphatic heterocycles. The molecule has 1 aromatic rings. The van der Waals surface area contributed by atoms with Crippen molar-refractivity contribution in [3.8, 4) is 0 Å². The fourth-order valence-corrected chi connectivity index (χ4v) is 0.524. The maximum absolute atomic E-state index is 10.3. The van der Waals surface area contributed by atoms with Crippen LogP contribution in [-0.4, -0.2) is 31.5 Å². The van der Waals surface area contributed by atoms with Crippen LogP contribution in [0.25, 0.3) is 0 Å². The van der Waals surface area contributed by atoms with Crippen LogP contribution in [0.15, 0.2) is 0 Å². The smallest absolute Gasteiger partial charge is 0.375 e. The van der Waals surface area contributed by atoms with Gasteiger partial charge in [0.25, 0.3) is 5.82 Å². The summed E-state index contributed by atoms with van der Waals surface area (Å²) in [5.74, 6) is -1.11. The van der Waals surface area contributed by atoms with Crippen LogP contribution < -0.4 is 0 Å². The lowest BCUT2D eigenvalue weighted by Gasteiger charge is -1.92. The fraction of sp³-hybridized carbons (Fsp3) is 0.400. The van der Waals surface area contributed by atoms with E-state index in [2.05, 4.69) is 20.4 Å². The first-order chi connectivity index (χ1) is 5.24. The lowest BCUT2D eigenvalue weighted by molar-refractivity contribution is 0.0680. The molecule has 0 atom stereocenters. The molecule has 0 aromatic carbocycles. The van der Waals surface area contributed by atoms with Gasteiger partial charge in [0, 0.05) is 6.42 Å². The third-order valence-electron chi connectivity index (χ3n) is 1.04. The molecule has 1 aromatic heterocycles. The summed E-state index contributed by atoms with van der Waals surface area (Å²) in [6.45, 7) is 1.81. The zero-order chi connectivity index (χ0) is 8.27. The van der Waals surface area contributed by atoms with Crippen molar-refractivity contribution in [3.63, 3.8) is 0 Å². The maximum atomic E-state index is 10.3. The molecule has 0 unspecified atom stereocenters. The third kappa shape index (κ3) is 1.66. The van der Waals surface area contributed by atoms with E-state index in [0.29, 0.717) is 12.2 Å². The van der Waals surface area contributed by atoms with Crippen molar-refractivity contribution in [2.24, 2.45) is 0 Å². The number of rotatable bonds is 2. The van der Waals surface area contributed by atoms with Gasteiger partial charge < -0.3 is 5.11 Å². The molecule has 6 heteroatoms. The maximum Gasteiger partial charge on any atom is 0.375 e. The number of carboxylic acids is 1. The summed E-state index contributed by atoms with van der Waals surface area (Å²) in [6.07, 6.45) is 0.551. The minimum absolute atomic E-state index is 0.308. The third-order valence-corrected chi connectivity index (χ3v) is 1.04. The quantitative estimate of drug-likeness (QED) is 0.619. The molecule has 11 heavy (non-hydrogen) atoms. The zero-order valence-electron chi connectivity index (χ0n) is 5.85. The first-order valence-electron chi connectivity index (χ1n) is 3.03. The minimum Gasteiger partial charge on any atom is -0.475 e. The summed E-state index contributed by atoms with van der Waals surface area (Å²) < 4.78 is 0. The molecule has 1 rings (SSSR count). The monoisotopic (exact) mass is 154 g/mol. The van der Waals surface area contributed by atoms with Crippen molar-refractivity contribution in [1.82, 2.24) is 20.4 Å². The average Bonchev–Trinajstić information content (AvgIpc) is 2.05. The van der Waals surface area contributed by atoms with Crippen molar-refractivity contribution < 1.29 is 9.90 Å². The highest BCUT2D eigenvalue weighted by molar-refractivity contribution is 5.82. The zero-order valence-corrected chi connectivity index (χ0v) is 5.85. The predicted octanol–water partition coefficient (Wildman–Crippen LogP) is -0.473. The average molecular weight is 154 g/mol. The van der Waals surface area contributed by atoms with Gasteiger partial charge in [-0.25, -0.2) is 9.78 Å². The van der Waals surface area contributed by atoms with Gasteiger partial charge in [0.2, 0.25) is 0 Å². The van der Waals surface area contributed by atoms with Crippen molar-refractivity contribution in [3.05, 3.63) is 11.6 Å². The molecule has 0 saturated carbocycles. The second-order valence-corrected chi connectivity index (χ2v) is 1.80. The van der Waals surface area contributed by atoms with Crippen molar-refractivity contribution in [2.45, 2.75) is 13.3 Å². The van der Waals surface area contributed by atoms with E-state index in [0.717, 1.165) is 0 Å². The number of carboxylic acid groups (broad SMARTS) is 1. The first kappa shape index (κ1) is 7.52. The van der Waals surface area contributed by atoms with E-state index in [1.807, 2.05) is 6.92 Å². The van der Waals surface area contributed by atoms with E-state index in [9.17, 15) is 4.79 Å². The molecule has 1 heterocycles. The van der Waals surface area contributed by atoms with E-state index >= 15 is 0 Å². The van der Waals surface area contributed by atoms with Gasteiger partial charge in [-0.3, -0.25) is 0 Å². The molecule has 0 fully saturated rings. The summed E-state index contributed by atoms with van der Waals surface area (Å²) in [5, 5.41) is 18.4. The Bertz CT molecular complexity index is 275. The van der Waals surface area contributed by atoms with Crippen LogP contribution in [0.4, 0.5) is 0 Å². The van der Waals surface area contributed by atoms with Crippen LogP contribution in [0.1, 0.15) is 23.4 Å². The van der Waals surface area contributed by atoms with Crippen LogP contribution in [0.3, 0.4) is 0 Å². The Hall–Kier alpha value is -1.59. The van der Waals surface area contributed by atoms with Crippen LogP contribution in [-0.2, 0) is 6.42 Å². The van der Waals surface area contributed by atoms with Crippen molar-refractivity contribution in [2.75, 3.05) is 0 Å². The van der Waals surface area contributed by atoms with Gasteiger partial charge >= 0.3 is 5.97 Å². The number of hydrogen-bond acceptors (Lipinski definition) is 5. The van der Waals surface area contributed by atoms with Crippen LogP contribution in [0, 0.1) is 0 Å². The second kappa shape index (κ2) is 3.00. The van der Waals surface area contributed by atoms with Gasteiger partial charge in [0.15, 0.2) is 5.82 Å². The largest absolute Gasteiger partial charge is 0.475 e. The molecule has 0 aliphatic carbocycles. The van der Waals surface area contributed by atoms with Gasteiger partial charge in [0.1, 0.15) is 0 Å². The molecule has 0 amide bonds. The Balaban J connectivity index is 3.01. The van der Waals surface area contributed by atoms with E-state index in [4.69, 9.17) is 5.11 Å². The molecule has 0 saturated heterocycles. The number of nitrogens with zero attached hydrogens (tertiary/aromatic N) is 4. The topological polar surface area (TPSA) is 88.9 Å². The van der Waals surface area contributed by atoms with Crippen LogP contribution >= 0.6 is 0 Å². The minimum atomic E-state index is -1.19. The highest BCUT2D eigenvalue weighted by Crippen LogP contribution is 1.89. The second-order valence-electron chi connectivity index (χ2n) is 1.80. The number of aromatic carboxylic acids is 1. The van der Waals surface area contributed by atoms with Gasteiger partial charge in [0.05, 0.1) is 0 Å². The van der Waals surface area contributed by atoms with Crippen molar-refractivity contribution >= 4 is 5.97 Å². The van der Waals surface area contributed by atoms with Crippen LogP contribution in [0.5, 0.6) is 0 Å². The standard InChI is InChI=1S/C5H6N4O2/c1-2-3-6-4(5(10)11)8-9-7-3/h2H2,1H3,(H,10,11). The van der Waals surface area contributed by atoms with Gasteiger partial charge in [-0.05, 0) is 5.21 Å². The van der Waals surface area contributed by atoms with E-state index in [-0.39, 0.29) is 5.82 Å². The molecule has 0 radical (unpaired) electrons. The van der Waals surface area contributed by atoms with E-state index in [1.165, 1.54) is 0 Å². The van der Waals surface area contributed by atoms with Gasteiger partial charge in [-0.2, -0.15) is 0 Å². The molecule has 1 N–H and O–H groups in total. The lowest BCUT2D eigenvalue weighted by atomic mass is 10.4. The molecule has 0 aliphatic rings. The Morgan fingerprint density at radius 1 is 1.55 bits per heavy atom. The highest BCUT2D eigenvalue weighted by Gasteiger charge is 2.07. The molecular formula is C5H6N4O2. The van der Waals surface area contributed by atoms with Gasteiger partial charge in [-0.1, -0.05) is 6.92 Å². The Kier molecular flexibility index (Phi) is 2.05. The Labute approximate surface area is 62.3 Å².